The smallest absolute Gasteiger partial charge is 0.227 e. The van der Waals surface area contributed by atoms with Crippen molar-refractivity contribution in [2.24, 2.45) is 5.92 Å². The second-order valence-corrected chi connectivity index (χ2v) is 6.22. The van der Waals surface area contributed by atoms with E-state index < -0.39 is 0 Å². The highest BCUT2D eigenvalue weighted by atomic mass is 16.1. The summed E-state index contributed by atoms with van der Waals surface area (Å²) in [6, 6.07) is 14.8. The third-order valence-corrected chi connectivity index (χ3v) is 4.77. The standard InChI is InChI=1S/C19H20N2O/c22-19(13-7-9-20-10-8-13)21-16-5-6-18-15(12-16)11-14-3-1-2-4-17(14)18/h1-6,12-13,20H,7-11H2,(H,21,22). The Kier molecular flexibility index (Phi) is 3.43. The first-order chi connectivity index (χ1) is 10.8. The monoisotopic (exact) mass is 292 g/mol. The lowest BCUT2D eigenvalue weighted by Gasteiger charge is -2.21. The summed E-state index contributed by atoms with van der Waals surface area (Å²) in [7, 11) is 0. The van der Waals surface area contributed by atoms with E-state index in [0.717, 1.165) is 38.0 Å². The molecule has 22 heavy (non-hydrogen) atoms. The maximum Gasteiger partial charge on any atom is 0.227 e. The van der Waals surface area contributed by atoms with E-state index in [1.165, 1.54) is 22.3 Å². The van der Waals surface area contributed by atoms with Gasteiger partial charge in [0.15, 0.2) is 0 Å². The van der Waals surface area contributed by atoms with E-state index in [2.05, 4.69) is 47.0 Å². The highest BCUT2D eigenvalue weighted by Crippen LogP contribution is 2.37. The second-order valence-electron chi connectivity index (χ2n) is 6.22. The molecule has 0 atom stereocenters. The molecular weight excluding hydrogens is 272 g/mol. The minimum absolute atomic E-state index is 0.145. The average molecular weight is 292 g/mol. The first-order valence-corrected chi connectivity index (χ1v) is 8.04. The van der Waals surface area contributed by atoms with Crippen molar-refractivity contribution in [1.82, 2.24) is 5.32 Å². The molecule has 0 spiro atoms. The van der Waals surface area contributed by atoms with E-state index in [4.69, 9.17) is 0 Å². The topological polar surface area (TPSA) is 41.1 Å². The summed E-state index contributed by atoms with van der Waals surface area (Å²) in [6.45, 7) is 1.88. The number of nitrogens with one attached hydrogen (secondary N) is 2. The molecule has 2 aromatic rings. The van der Waals surface area contributed by atoms with Crippen LogP contribution in [-0.4, -0.2) is 19.0 Å². The van der Waals surface area contributed by atoms with E-state index >= 15 is 0 Å². The van der Waals surface area contributed by atoms with Gasteiger partial charge in [-0.25, -0.2) is 0 Å². The fourth-order valence-corrected chi connectivity index (χ4v) is 3.55. The van der Waals surface area contributed by atoms with E-state index in [0.29, 0.717) is 0 Å². The molecule has 112 valence electrons. The van der Waals surface area contributed by atoms with E-state index in [9.17, 15) is 4.79 Å². The Morgan fingerprint density at radius 3 is 2.64 bits per heavy atom. The quantitative estimate of drug-likeness (QED) is 0.761. The number of hydrogen-bond acceptors (Lipinski definition) is 2. The fraction of sp³-hybridized carbons (Fsp3) is 0.316. The molecule has 1 heterocycles. The molecule has 0 saturated carbocycles. The number of fused-ring (bicyclic) bond motifs is 3. The zero-order chi connectivity index (χ0) is 14.9. The van der Waals surface area contributed by atoms with E-state index in [-0.39, 0.29) is 11.8 Å². The summed E-state index contributed by atoms with van der Waals surface area (Å²) < 4.78 is 0. The van der Waals surface area contributed by atoms with Crippen molar-refractivity contribution >= 4 is 11.6 Å². The van der Waals surface area contributed by atoms with Crippen molar-refractivity contribution in [3.63, 3.8) is 0 Å². The van der Waals surface area contributed by atoms with Gasteiger partial charge in [-0.3, -0.25) is 4.79 Å². The third-order valence-electron chi connectivity index (χ3n) is 4.77. The van der Waals surface area contributed by atoms with Crippen LogP contribution < -0.4 is 10.6 Å². The number of hydrogen-bond donors (Lipinski definition) is 2. The van der Waals surface area contributed by atoms with Crippen LogP contribution in [0.4, 0.5) is 5.69 Å². The van der Waals surface area contributed by atoms with Crippen molar-refractivity contribution < 1.29 is 4.79 Å². The number of anilines is 1. The molecule has 0 unspecified atom stereocenters. The average Bonchev–Trinajstić information content (AvgIpc) is 2.93. The number of carbonyl (C=O) groups excluding carboxylic acids is 1. The predicted octanol–water partition coefficient (Wildman–Crippen LogP) is 3.20. The van der Waals surface area contributed by atoms with Crippen molar-refractivity contribution in [1.29, 1.82) is 0 Å². The molecule has 3 nitrogen and oxygen atoms in total. The summed E-state index contributed by atoms with van der Waals surface area (Å²) in [5.41, 5.74) is 6.24. The molecule has 1 amide bonds. The molecule has 2 N–H and O–H groups in total. The Bertz CT molecular complexity index is 717. The molecule has 2 aliphatic rings. The van der Waals surface area contributed by atoms with E-state index in [1.54, 1.807) is 0 Å². The van der Waals surface area contributed by atoms with Crippen LogP contribution >= 0.6 is 0 Å². The van der Waals surface area contributed by atoms with Gasteiger partial charge in [0.1, 0.15) is 0 Å². The molecule has 0 bridgehead atoms. The van der Waals surface area contributed by atoms with Crippen LogP contribution in [0.15, 0.2) is 42.5 Å². The van der Waals surface area contributed by atoms with Gasteiger partial charge in [0, 0.05) is 11.6 Å². The number of benzene rings is 2. The Hall–Kier alpha value is -2.13. The zero-order valence-electron chi connectivity index (χ0n) is 12.6. The fourth-order valence-electron chi connectivity index (χ4n) is 3.55. The maximum absolute atomic E-state index is 12.3. The largest absolute Gasteiger partial charge is 0.326 e. The number of carbonyl (C=O) groups is 1. The summed E-state index contributed by atoms with van der Waals surface area (Å²) >= 11 is 0. The van der Waals surface area contributed by atoms with Gasteiger partial charge in [-0.15, -0.1) is 0 Å². The van der Waals surface area contributed by atoms with Crippen molar-refractivity contribution in [3.8, 4) is 11.1 Å². The van der Waals surface area contributed by atoms with Crippen molar-refractivity contribution in [2.75, 3.05) is 18.4 Å². The zero-order valence-corrected chi connectivity index (χ0v) is 12.6. The summed E-state index contributed by atoms with van der Waals surface area (Å²) in [5, 5.41) is 6.40. The van der Waals surface area contributed by atoms with Crippen LogP contribution in [0.25, 0.3) is 11.1 Å². The molecule has 1 fully saturated rings. The Morgan fingerprint density at radius 2 is 1.77 bits per heavy atom. The van der Waals surface area contributed by atoms with Crippen LogP contribution in [0.1, 0.15) is 24.0 Å². The second kappa shape index (κ2) is 5.58. The molecule has 2 aromatic carbocycles. The molecule has 0 radical (unpaired) electrons. The minimum Gasteiger partial charge on any atom is -0.326 e. The van der Waals surface area contributed by atoms with Crippen LogP contribution in [0, 0.1) is 5.92 Å². The highest BCUT2D eigenvalue weighted by Gasteiger charge is 2.22. The molecular formula is C19H20N2O. The summed E-state index contributed by atoms with van der Waals surface area (Å²) in [4.78, 5) is 12.3. The van der Waals surface area contributed by atoms with Gasteiger partial charge in [-0.05, 0) is 66.7 Å². The van der Waals surface area contributed by atoms with Crippen molar-refractivity contribution in [2.45, 2.75) is 19.3 Å². The van der Waals surface area contributed by atoms with Crippen molar-refractivity contribution in [3.05, 3.63) is 53.6 Å². The Labute approximate surface area is 130 Å². The normalized spacial score (nSPS) is 16.9. The van der Waals surface area contributed by atoms with Crippen LogP contribution in [0.3, 0.4) is 0 Å². The maximum atomic E-state index is 12.3. The number of rotatable bonds is 2. The Morgan fingerprint density at radius 1 is 1.00 bits per heavy atom. The molecule has 1 aliphatic carbocycles. The van der Waals surface area contributed by atoms with E-state index in [1.807, 2.05) is 6.07 Å². The van der Waals surface area contributed by atoms with Gasteiger partial charge < -0.3 is 10.6 Å². The summed E-state index contributed by atoms with van der Waals surface area (Å²) in [6.07, 6.45) is 2.83. The molecule has 3 heteroatoms. The number of amides is 1. The van der Waals surface area contributed by atoms with Gasteiger partial charge >= 0.3 is 0 Å². The molecule has 0 aromatic heterocycles. The van der Waals surface area contributed by atoms with Crippen LogP contribution in [-0.2, 0) is 11.2 Å². The first-order valence-electron chi connectivity index (χ1n) is 8.04. The van der Waals surface area contributed by atoms with Gasteiger partial charge in [-0.2, -0.15) is 0 Å². The lowest BCUT2D eigenvalue weighted by atomic mass is 9.97. The molecule has 1 aliphatic heterocycles. The first kappa shape index (κ1) is 13.5. The van der Waals surface area contributed by atoms with Gasteiger partial charge in [0.05, 0.1) is 0 Å². The predicted molar refractivity (Wildman–Crippen MR) is 88.9 cm³/mol. The lowest BCUT2D eigenvalue weighted by molar-refractivity contribution is -0.120. The molecule has 4 rings (SSSR count). The highest BCUT2D eigenvalue weighted by molar-refractivity contribution is 5.93. The number of piperidine rings is 1. The van der Waals surface area contributed by atoms with Gasteiger partial charge in [0.2, 0.25) is 5.91 Å². The Balaban J connectivity index is 1.53. The van der Waals surface area contributed by atoms with Crippen LogP contribution in [0.5, 0.6) is 0 Å². The SMILES string of the molecule is O=C(Nc1ccc2c(c1)Cc1ccccc1-2)C1CCNCC1. The van der Waals surface area contributed by atoms with Crippen LogP contribution in [0.2, 0.25) is 0 Å². The van der Waals surface area contributed by atoms with Gasteiger partial charge in [0.25, 0.3) is 0 Å². The minimum atomic E-state index is 0.145. The summed E-state index contributed by atoms with van der Waals surface area (Å²) in [5.74, 6) is 0.309. The van der Waals surface area contributed by atoms with Gasteiger partial charge in [-0.1, -0.05) is 30.3 Å². The lowest BCUT2D eigenvalue weighted by Crippen LogP contribution is -2.34. The third kappa shape index (κ3) is 2.42. The molecule has 1 saturated heterocycles.